The predicted octanol–water partition coefficient (Wildman–Crippen LogP) is 3.60. The van der Waals surface area contributed by atoms with Crippen molar-refractivity contribution < 1.29 is 5.11 Å². The number of fused-ring (bicyclic) bond motifs is 1. The molecule has 2 atom stereocenters. The van der Waals surface area contributed by atoms with Crippen LogP contribution in [-0.4, -0.2) is 29.3 Å². The van der Waals surface area contributed by atoms with Crippen LogP contribution in [0.15, 0.2) is 42.5 Å². The van der Waals surface area contributed by atoms with Crippen LogP contribution in [0.3, 0.4) is 0 Å². The lowest BCUT2D eigenvalue weighted by Gasteiger charge is -2.25. The van der Waals surface area contributed by atoms with Gasteiger partial charge >= 0.3 is 0 Å². The van der Waals surface area contributed by atoms with Gasteiger partial charge in [0, 0.05) is 18.3 Å². The molecule has 0 aliphatic heterocycles. The fourth-order valence-electron chi connectivity index (χ4n) is 2.33. The number of hydrogen-bond donors (Lipinski definition) is 2. The Balaban J connectivity index is 2.05. The first-order chi connectivity index (χ1) is 9.52. The van der Waals surface area contributed by atoms with E-state index < -0.39 is 5.60 Å². The van der Waals surface area contributed by atoms with Crippen LogP contribution >= 0.6 is 11.8 Å². The van der Waals surface area contributed by atoms with Crippen molar-refractivity contribution in [2.75, 3.05) is 18.6 Å². The number of thioether (sulfide) groups is 1. The van der Waals surface area contributed by atoms with E-state index in [1.54, 1.807) is 11.8 Å². The Morgan fingerprint density at radius 2 is 1.90 bits per heavy atom. The van der Waals surface area contributed by atoms with E-state index in [0.29, 0.717) is 6.54 Å². The molecule has 2 nitrogen and oxygen atoms in total. The standard InChI is InChI=1S/C17H23NOS/c1-13(18-11-17(2,19)12-20-3)15-9-8-14-6-4-5-7-16(14)10-15/h4-10,13,18-19H,11-12H2,1-3H3. The molecule has 0 aliphatic carbocycles. The molecule has 2 aromatic rings. The molecule has 0 spiro atoms. The van der Waals surface area contributed by atoms with Gasteiger partial charge in [-0.05, 0) is 42.5 Å². The number of hydrogen-bond acceptors (Lipinski definition) is 3. The Hall–Kier alpha value is -1.03. The van der Waals surface area contributed by atoms with Gasteiger partial charge in [0.15, 0.2) is 0 Å². The highest BCUT2D eigenvalue weighted by Gasteiger charge is 2.20. The highest BCUT2D eigenvalue weighted by atomic mass is 32.2. The minimum Gasteiger partial charge on any atom is -0.388 e. The summed E-state index contributed by atoms with van der Waals surface area (Å²) in [4.78, 5) is 0. The molecule has 2 unspecified atom stereocenters. The minimum atomic E-state index is -0.662. The van der Waals surface area contributed by atoms with E-state index in [1.165, 1.54) is 16.3 Å². The topological polar surface area (TPSA) is 32.3 Å². The molecule has 0 fully saturated rings. The molecule has 0 saturated heterocycles. The van der Waals surface area contributed by atoms with E-state index in [9.17, 15) is 5.11 Å². The number of rotatable bonds is 6. The molecule has 0 radical (unpaired) electrons. The van der Waals surface area contributed by atoms with Crippen LogP contribution in [0.25, 0.3) is 10.8 Å². The SMILES string of the molecule is CSCC(C)(O)CNC(C)c1ccc2ccccc2c1. The molecule has 20 heavy (non-hydrogen) atoms. The molecule has 108 valence electrons. The summed E-state index contributed by atoms with van der Waals surface area (Å²) in [6, 6.07) is 15.1. The van der Waals surface area contributed by atoms with Gasteiger partial charge in [-0.3, -0.25) is 0 Å². The third kappa shape index (κ3) is 3.98. The smallest absolute Gasteiger partial charge is 0.0833 e. The Morgan fingerprint density at radius 1 is 1.20 bits per heavy atom. The molecule has 0 heterocycles. The Morgan fingerprint density at radius 3 is 2.60 bits per heavy atom. The summed E-state index contributed by atoms with van der Waals surface area (Å²) in [6.07, 6.45) is 2.02. The predicted molar refractivity (Wildman–Crippen MR) is 89.4 cm³/mol. The van der Waals surface area contributed by atoms with Crippen molar-refractivity contribution in [3.05, 3.63) is 48.0 Å². The van der Waals surface area contributed by atoms with E-state index in [1.807, 2.05) is 13.2 Å². The van der Waals surface area contributed by atoms with E-state index in [4.69, 9.17) is 0 Å². The number of aliphatic hydroxyl groups is 1. The first-order valence-electron chi connectivity index (χ1n) is 6.95. The molecule has 3 heteroatoms. The Kier molecular flexibility index (Phi) is 5.08. The summed E-state index contributed by atoms with van der Waals surface area (Å²) < 4.78 is 0. The average molecular weight is 289 g/mol. The van der Waals surface area contributed by atoms with Gasteiger partial charge in [0.2, 0.25) is 0 Å². The molecule has 0 bridgehead atoms. The van der Waals surface area contributed by atoms with Crippen molar-refractivity contribution >= 4 is 22.5 Å². The molecule has 2 N–H and O–H groups in total. The van der Waals surface area contributed by atoms with Crippen LogP contribution in [0, 0.1) is 0 Å². The number of nitrogens with one attached hydrogen (secondary N) is 1. The van der Waals surface area contributed by atoms with E-state index in [-0.39, 0.29) is 6.04 Å². The summed E-state index contributed by atoms with van der Waals surface area (Å²) in [7, 11) is 0. The van der Waals surface area contributed by atoms with Crippen LogP contribution in [0.4, 0.5) is 0 Å². The lowest BCUT2D eigenvalue weighted by atomic mass is 10.0. The molecular weight excluding hydrogens is 266 g/mol. The van der Waals surface area contributed by atoms with E-state index in [0.717, 1.165) is 5.75 Å². The van der Waals surface area contributed by atoms with Gasteiger partial charge in [-0.25, -0.2) is 0 Å². The zero-order chi connectivity index (χ0) is 14.6. The van der Waals surface area contributed by atoms with Gasteiger partial charge in [0.1, 0.15) is 0 Å². The molecule has 0 aliphatic rings. The maximum Gasteiger partial charge on any atom is 0.0833 e. The fraction of sp³-hybridized carbons (Fsp3) is 0.412. The second-order valence-electron chi connectivity index (χ2n) is 5.64. The largest absolute Gasteiger partial charge is 0.388 e. The third-order valence-corrected chi connectivity index (χ3v) is 4.43. The highest BCUT2D eigenvalue weighted by Crippen LogP contribution is 2.21. The van der Waals surface area contributed by atoms with Crippen LogP contribution in [0.2, 0.25) is 0 Å². The van der Waals surface area contributed by atoms with Crippen LogP contribution in [0.5, 0.6) is 0 Å². The van der Waals surface area contributed by atoms with E-state index in [2.05, 4.69) is 54.7 Å². The van der Waals surface area contributed by atoms with Gasteiger partial charge in [-0.2, -0.15) is 11.8 Å². The van der Waals surface area contributed by atoms with E-state index >= 15 is 0 Å². The van der Waals surface area contributed by atoms with Gasteiger partial charge in [0.25, 0.3) is 0 Å². The number of benzene rings is 2. The van der Waals surface area contributed by atoms with Crippen molar-refractivity contribution in [1.29, 1.82) is 0 Å². The fourth-order valence-corrected chi connectivity index (χ4v) is 3.05. The lowest BCUT2D eigenvalue weighted by Crippen LogP contribution is -2.40. The van der Waals surface area contributed by atoms with Gasteiger partial charge in [0.05, 0.1) is 5.60 Å². The van der Waals surface area contributed by atoms with Crippen LogP contribution in [0.1, 0.15) is 25.5 Å². The summed E-state index contributed by atoms with van der Waals surface area (Å²) >= 11 is 1.67. The molecule has 0 saturated carbocycles. The summed E-state index contributed by atoms with van der Waals surface area (Å²) in [5.41, 5.74) is 0.591. The summed E-state index contributed by atoms with van der Waals surface area (Å²) in [6.45, 7) is 4.62. The molecule has 2 aromatic carbocycles. The van der Waals surface area contributed by atoms with Crippen molar-refractivity contribution in [3.63, 3.8) is 0 Å². The first-order valence-corrected chi connectivity index (χ1v) is 8.35. The van der Waals surface area contributed by atoms with Gasteiger partial charge in [-0.15, -0.1) is 0 Å². The van der Waals surface area contributed by atoms with Crippen molar-refractivity contribution in [3.8, 4) is 0 Å². The quantitative estimate of drug-likeness (QED) is 0.852. The van der Waals surface area contributed by atoms with Gasteiger partial charge < -0.3 is 10.4 Å². The Bertz CT molecular complexity index is 568. The zero-order valence-electron chi connectivity index (χ0n) is 12.4. The normalized spacial score (nSPS) is 16.0. The maximum absolute atomic E-state index is 10.2. The zero-order valence-corrected chi connectivity index (χ0v) is 13.2. The average Bonchev–Trinajstić information content (AvgIpc) is 2.44. The van der Waals surface area contributed by atoms with Crippen molar-refractivity contribution in [2.45, 2.75) is 25.5 Å². The molecule has 2 rings (SSSR count). The molecule has 0 amide bonds. The molecular formula is C17H23NOS. The summed E-state index contributed by atoms with van der Waals surface area (Å²) in [5.74, 6) is 0.741. The van der Waals surface area contributed by atoms with Gasteiger partial charge in [-0.1, -0.05) is 36.4 Å². The lowest BCUT2D eigenvalue weighted by molar-refractivity contribution is 0.0821. The maximum atomic E-state index is 10.2. The Labute approximate surface area is 125 Å². The first kappa shape index (κ1) is 15.4. The van der Waals surface area contributed by atoms with Crippen LogP contribution < -0.4 is 5.32 Å². The monoisotopic (exact) mass is 289 g/mol. The van der Waals surface area contributed by atoms with Crippen molar-refractivity contribution in [2.24, 2.45) is 0 Å². The van der Waals surface area contributed by atoms with Crippen LogP contribution in [-0.2, 0) is 0 Å². The second kappa shape index (κ2) is 6.61. The second-order valence-corrected chi connectivity index (χ2v) is 6.51. The highest BCUT2D eigenvalue weighted by molar-refractivity contribution is 7.98. The third-order valence-electron chi connectivity index (χ3n) is 3.52. The summed E-state index contributed by atoms with van der Waals surface area (Å²) in [5, 5.41) is 16.1. The minimum absolute atomic E-state index is 0.230. The van der Waals surface area contributed by atoms with Crippen molar-refractivity contribution in [1.82, 2.24) is 5.32 Å². The molecule has 0 aromatic heterocycles.